The van der Waals surface area contributed by atoms with Gasteiger partial charge >= 0.3 is 0 Å². The molecule has 12 heteroatoms. The lowest BCUT2D eigenvalue weighted by Crippen LogP contribution is -2.30. The molecule has 1 amide bonds. The van der Waals surface area contributed by atoms with Crippen LogP contribution in [0, 0.1) is 0 Å². The highest BCUT2D eigenvalue weighted by atomic mass is 32.2. The van der Waals surface area contributed by atoms with Gasteiger partial charge in [0.25, 0.3) is 21.8 Å². The molecule has 10 nitrogen and oxygen atoms in total. The summed E-state index contributed by atoms with van der Waals surface area (Å²) in [5, 5.41) is 7.06. The number of carbonyl (C=O) groups is 1. The topological polar surface area (TPSA) is 133 Å². The molecule has 220 valence electrons. The molecule has 0 fully saturated rings. The SMILES string of the molecule is O=C(NS(=O)(=O)c1cccc(-c2nc(-c3ccc(-c4csc(-c5ccccc5)n4)cc3)no2)c1)c1ccc(-n2ccnc2)cc1. The van der Waals surface area contributed by atoms with Crippen molar-refractivity contribution >= 4 is 27.3 Å². The van der Waals surface area contributed by atoms with E-state index in [0.717, 1.165) is 33.1 Å². The van der Waals surface area contributed by atoms with E-state index in [1.165, 1.54) is 12.1 Å². The van der Waals surface area contributed by atoms with Crippen LogP contribution < -0.4 is 4.72 Å². The fourth-order valence-electron chi connectivity index (χ4n) is 4.60. The Morgan fingerprint density at radius 2 is 1.56 bits per heavy atom. The van der Waals surface area contributed by atoms with Gasteiger partial charge in [0.15, 0.2) is 0 Å². The highest BCUT2D eigenvalue weighted by Gasteiger charge is 2.21. The van der Waals surface area contributed by atoms with Crippen LogP contribution in [0.15, 0.2) is 137 Å². The second-order valence-electron chi connectivity index (χ2n) is 9.88. The van der Waals surface area contributed by atoms with Gasteiger partial charge in [-0.25, -0.2) is 23.1 Å². The zero-order chi connectivity index (χ0) is 30.8. The van der Waals surface area contributed by atoms with E-state index in [1.54, 1.807) is 71.0 Å². The standard InChI is InChI=1S/C33H22N6O4S2/c40-31(24-13-15-27(16-14-24)39-18-17-34-21-39)38-45(41,42)28-8-4-7-26(19-28)32-36-30(37-43-32)23-11-9-22(10-12-23)29-20-44-33(35-29)25-5-2-1-3-6-25/h1-21H,(H,38,40). The minimum Gasteiger partial charge on any atom is -0.334 e. The molecule has 0 aliphatic carbocycles. The first-order chi connectivity index (χ1) is 21.9. The Balaban J connectivity index is 1.05. The van der Waals surface area contributed by atoms with Crippen molar-refractivity contribution in [3.63, 3.8) is 0 Å². The molecule has 0 radical (unpaired) electrons. The molecule has 0 saturated heterocycles. The van der Waals surface area contributed by atoms with Crippen LogP contribution in [0.3, 0.4) is 0 Å². The molecule has 0 aliphatic rings. The number of nitrogens with zero attached hydrogens (tertiary/aromatic N) is 5. The number of carbonyl (C=O) groups excluding carboxylic acids is 1. The third-order valence-electron chi connectivity index (χ3n) is 6.94. The lowest BCUT2D eigenvalue weighted by molar-refractivity contribution is 0.0981. The number of benzene rings is 4. The lowest BCUT2D eigenvalue weighted by Gasteiger charge is -2.08. The molecular weight excluding hydrogens is 609 g/mol. The molecule has 0 bridgehead atoms. The number of nitrogens with one attached hydrogen (secondary N) is 1. The summed E-state index contributed by atoms with van der Waals surface area (Å²) in [5.41, 5.74) is 4.99. The van der Waals surface area contributed by atoms with Crippen LogP contribution in [0.1, 0.15) is 10.4 Å². The highest BCUT2D eigenvalue weighted by Crippen LogP contribution is 2.30. The number of rotatable bonds is 8. The Hall–Kier alpha value is -5.72. The van der Waals surface area contributed by atoms with Crippen LogP contribution in [0.5, 0.6) is 0 Å². The lowest BCUT2D eigenvalue weighted by atomic mass is 10.1. The molecule has 45 heavy (non-hydrogen) atoms. The van der Waals surface area contributed by atoms with Crippen LogP contribution in [0.25, 0.3) is 50.4 Å². The smallest absolute Gasteiger partial charge is 0.264 e. The predicted molar refractivity (Wildman–Crippen MR) is 170 cm³/mol. The van der Waals surface area contributed by atoms with Crippen molar-refractivity contribution in [1.82, 2.24) is 29.4 Å². The van der Waals surface area contributed by atoms with Crippen molar-refractivity contribution in [3.8, 4) is 50.4 Å². The average molecular weight is 631 g/mol. The molecule has 3 aromatic heterocycles. The van der Waals surface area contributed by atoms with E-state index in [-0.39, 0.29) is 16.3 Å². The van der Waals surface area contributed by atoms with Crippen molar-refractivity contribution < 1.29 is 17.7 Å². The molecule has 7 aromatic rings. The fraction of sp³-hybridized carbons (Fsp3) is 0. The minimum atomic E-state index is -4.19. The van der Waals surface area contributed by atoms with Gasteiger partial charge < -0.3 is 9.09 Å². The van der Waals surface area contributed by atoms with Crippen LogP contribution >= 0.6 is 11.3 Å². The molecule has 0 unspecified atom stereocenters. The third kappa shape index (κ3) is 5.92. The third-order valence-corrected chi connectivity index (χ3v) is 9.16. The maximum absolute atomic E-state index is 13.1. The molecule has 0 spiro atoms. The molecule has 1 N–H and O–H groups in total. The largest absolute Gasteiger partial charge is 0.334 e. The molecule has 0 saturated carbocycles. The molecule has 0 aliphatic heterocycles. The molecular formula is C33H22N6O4S2. The molecule has 3 heterocycles. The number of aromatic nitrogens is 5. The Bertz CT molecular complexity index is 2210. The number of hydrogen-bond donors (Lipinski definition) is 1. The van der Waals surface area contributed by atoms with Crippen molar-refractivity contribution in [2.24, 2.45) is 0 Å². The van der Waals surface area contributed by atoms with Gasteiger partial charge in [0, 0.05) is 51.3 Å². The van der Waals surface area contributed by atoms with E-state index in [1.807, 2.05) is 60.0 Å². The zero-order valence-corrected chi connectivity index (χ0v) is 24.9. The summed E-state index contributed by atoms with van der Waals surface area (Å²) in [6.07, 6.45) is 5.03. The molecule has 7 rings (SSSR count). The van der Waals surface area contributed by atoms with E-state index < -0.39 is 15.9 Å². The highest BCUT2D eigenvalue weighted by molar-refractivity contribution is 7.90. The fourth-order valence-corrected chi connectivity index (χ4v) is 6.46. The summed E-state index contributed by atoms with van der Waals surface area (Å²) in [7, 11) is -4.19. The Kier molecular flexibility index (Phi) is 7.33. The van der Waals surface area contributed by atoms with Gasteiger partial charge in [-0.3, -0.25) is 4.79 Å². The number of thiazole rings is 1. The first kappa shape index (κ1) is 28.1. The first-order valence-electron chi connectivity index (χ1n) is 13.6. The first-order valence-corrected chi connectivity index (χ1v) is 16.0. The summed E-state index contributed by atoms with van der Waals surface area (Å²) < 4.78 is 35.6. The summed E-state index contributed by atoms with van der Waals surface area (Å²) in [6.45, 7) is 0. The monoisotopic (exact) mass is 630 g/mol. The van der Waals surface area contributed by atoms with Crippen LogP contribution in [0.2, 0.25) is 0 Å². The summed E-state index contributed by atoms with van der Waals surface area (Å²) in [4.78, 5) is 25.9. The van der Waals surface area contributed by atoms with E-state index >= 15 is 0 Å². The quantitative estimate of drug-likeness (QED) is 0.201. The van der Waals surface area contributed by atoms with Crippen LogP contribution in [-0.4, -0.2) is 39.0 Å². The van der Waals surface area contributed by atoms with Crippen molar-refractivity contribution in [2.45, 2.75) is 4.90 Å². The van der Waals surface area contributed by atoms with Crippen molar-refractivity contribution in [3.05, 3.63) is 133 Å². The Labute approximate surface area is 261 Å². The van der Waals surface area contributed by atoms with Gasteiger partial charge in [-0.05, 0) is 42.5 Å². The average Bonchev–Trinajstić information content (AvgIpc) is 3.88. The minimum absolute atomic E-state index is 0.120. The summed E-state index contributed by atoms with van der Waals surface area (Å²) >= 11 is 1.58. The van der Waals surface area contributed by atoms with E-state index in [0.29, 0.717) is 11.4 Å². The summed E-state index contributed by atoms with van der Waals surface area (Å²) in [6, 6.07) is 30.1. The van der Waals surface area contributed by atoms with Crippen LogP contribution in [0.4, 0.5) is 0 Å². The maximum atomic E-state index is 13.1. The van der Waals surface area contributed by atoms with Crippen molar-refractivity contribution in [1.29, 1.82) is 0 Å². The second kappa shape index (κ2) is 11.8. The summed E-state index contributed by atoms with van der Waals surface area (Å²) in [5.74, 6) is -0.268. The number of hydrogen-bond acceptors (Lipinski definition) is 9. The normalized spacial score (nSPS) is 11.4. The predicted octanol–water partition coefficient (Wildman–Crippen LogP) is 6.50. The van der Waals surface area contributed by atoms with Gasteiger partial charge in [-0.15, -0.1) is 11.3 Å². The number of imidazole rings is 1. The van der Waals surface area contributed by atoms with Gasteiger partial charge in [-0.2, -0.15) is 4.98 Å². The zero-order valence-electron chi connectivity index (χ0n) is 23.3. The van der Waals surface area contributed by atoms with Crippen LogP contribution in [-0.2, 0) is 10.0 Å². The Morgan fingerprint density at radius 1 is 0.800 bits per heavy atom. The van der Waals surface area contributed by atoms with Gasteiger partial charge in [0.1, 0.15) is 5.01 Å². The Morgan fingerprint density at radius 3 is 2.31 bits per heavy atom. The van der Waals surface area contributed by atoms with E-state index in [2.05, 4.69) is 19.8 Å². The molecule has 0 atom stereocenters. The van der Waals surface area contributed by atoms with Gasteiger partial charge in [0.2, 0.25) is 5.82 Å². The van der Waals surface area contributed by atoms with Gasteiger partial charge in [0.05, 0.1) is 16.9 Å². The molecule has 4 aromatic carbocycles. The van der Waals surface area contributed by atoms with E-state index in [4.69, 9.17) is 9.51 Å². The number of amides is 1. The van der Waals surface area contributed by atoms with E-state index in [9.17, 15) is 13.2 Å². The second-order valence-corrected chi connectivity index (χ2v) is 12.4. The number of sulfonamides is 1. The van der Waals surface area contributed by atoms with Crippen molar-refractivity contribution in [2.75, 3.05) is 0 Å². The van der Waals surface area contributed by atoms with Gasteiger partial charge in [-0.1, -0.05) is 65.8 Å². The maximum Gasteiger partial charge on any atom is 0.264 e.